The molecule has 58 heavy (non-hydrogen) atoms. The van der Waals surface area contributed by atoms with Gasteiger partial charge in [0.1, 0.15) is 11.3 Å². The smallest absolute Gasteiger partial charge is 0.229 e. The number of para-hydroxylation sites is 1. The maximum atomic E-state index is 10.7. The number of fused-ring (bicyclic) bond motifs is 5. The molecular formula is C54H40N2O2. The van der Waals surface area contributed by atoms with E-state index in [9.17, 15) is 5.11 Å². The molecule has 0 bridgehead atoms. The molecule has 0 atom stereocenters. The second-order valence-corrected chi connectivity index (χ2v) is 16.0. The van der Waals surface area contributed by atoms with Crippen molar-refractivity contribution in [3.05, 3.63) is 187 Å². The lowest BCUT2D eigenvalue weighted by Gasteiger charge is -2.19. The molecule has 0 amide bonds. The van der Waals surface area contributed by atoms with E-state index in [-0.39, 0.29) is 11.2 Å². The van der Waals surface area contributed by atoms with E-state index in [1.165, 1.54) is 32.7 Å². The van der Waals surface area contributed by atoms with E-state index in [0.29, 0.717) is 22.7 Å². The molecule has 10 rings (SSSR count). The second-order valence-electron chi connectivity index (χ2n) is 16.0. The molecule has 0 aliphatic rings. The molecular weight excluding hydrogens is 709 g/mol. The quantitative estimate of drug-likeness (QED) is 0.136. The van der Waals surface area contributed by atoms with E-state index < -0.39 is 0 Å². The first-order chi connectivity index (χ1) is 28.3. The fraction of sp³-hybridized carbons (Fsp3) is 0.0741. The van der Waals surface area contributed by atoms with E-state index in [1.54, 1.807) is 12.3 Å². The fourth-order valence-electron chi connectivity index (χ4n) is 8.14. The highest BCUT2D eigenvalue weighted by atomic mass is 16.3. The van der Waals surface area contributed by atoms with Gasteiger partial charge in [0.2, 0.25) is 5.89 Å². The lowest BCUT2D eigenvalue weighted by atomic mass is 9.86. The van der Waals surface area contributed by atoms with Crippen molar-refractivity contribution in [2.45, 2.75) is 26.2 Å². The first-order valence-corrected chi connectivity index (χ1v) is 19.7. The van der Waals surface area contributed by atoms with Crippen LogP contribution in [0.1, 0.15) is 31.9 Å². The Hall–Kier alpha value is -7.30. The molecule has 1 aromatic heterocycles. The molecule has 10 aromatic rings. The highest BCUT2D eigenvalue weighted by Crippen LogP contribution is 2.42. The van der Waals surface area contributed by atoms with E-state index in [1.807, 2.05) is 36.4 Å². The highest BCUT2D eigenvalue weighted by molar-refractivity contribution is 6.14. The summed E-state index contributed by atoms with van der Waals surface area (Å²) in [4.78, 5) is 10.1. The van der Waals surface area contributed by atoms with Crippen molar-refractivity contribution < 1.29 is 9.52 Å². The van der Waals surface area contributed by atoms with Gasteiger partial charge in [-0.15, -0.1) is 0 Å². The standard InChI is InChI=1S/C54H40N2O2/c1-54(2,3)40-27-28-50(57)39(29-40)33-55-49-22-11-10-20-46(49)53-56-52-48(44-21-12-15-35-13-4-6-16-41(35)44)31-38(32-51(52)58-53)34-23-25-36(26-24-34)47-30-37-14-5-7-17-42(37)43-18-8-9-19-45(43)47/h4-33,57H,1-3H3. The van der Waals surface area contributed by atoms with Gasteiger partial charge in [-0.05, 0) is 114 Å². The number of benzene rings is 9. The van der Waals surface area contributed by atoms with Crippen molar-refractivity contribution in [2.24, 2.45) is 4.99 Å². The number of rotatable bonds is 6. The Labute approximate surface area is 337 Å². The Bertz CT molecular complexity index is 3210. The summed E-state index contributed by atoms with van der Waals surface area (Å²) in [5, 5.41) is 18.0. The number of aliphatic imine (C=N–C) groups is 1. The van der Waals surface area contributed by atoms with Crippen molar-refractivity contribution in [2.75, 3.05) is 0 Å². The molecule has 0 aliphatic heterocycles. The van der Waals surface area contributed by atoms with E-state index in [2.05, 4.69) is 154 Å². The minimum Gasteiger partial charge on any atom is -0.507 e. The third-order valence-corrected chi connectivity index (χ3v) is 11.2. The van der Waals surface area contributed by atoms with Gasteiger partial charge < -0.3 is 9.52 Å². The molecule has 1 heterocycles. The summed E-state index contributed by atoms with van der Waals surface area (Å²) < 4.78 is 6.72. The van der Waals surface area contributed by atoms with Gasteiger partial charge in [0.05, 0.1) is 11.3 Å². The van der Waals surface area contributed by atoms with Crippen molar-refractivity contribution in [3.63, 3.8) is 0 Å². The summed E-state index contributed by atoms with van der Waals surface area (Å²) in [6.45, 7) is 6.47. The summed E-state index contributed by atoms with van der Waals surface area (Å²) in [7, 11) is 0. The van der Waals surface area contributed by atoms with Gasteiger partial charge in [0.15, 0.2) is 5.58 Å². The minimum atomic E-state index is -0.0683. The maximum Gasteiger partial charge on any atom is 0.229 e. The zero-order valence-electron chi connectivity index (χ0n) is 32.6. The third-order valence-electron chi connectivity index (χ3n) is 11.2. The number of aromatic hydroxyl groups is 1. The largest absolute Gasteiger partial charge is 0.507 e. The average molecular weight is 749 g/mol. The van der Waals surface area contributed by atoms with Gasteiger partial charge in [-0.1, -0.05) is 154 Å². The summed E-state index contributed by atoms with van der Waals surface area (Å²) >= 11 is 0. The molecule has 0 spiro atoms. The number of hydrogen-bond acceptors (Lipinski definition) is 4. The zero-order chi connectivity index (χ0) is 39.4. The predicted molar refractivity (Wildman–Crippen MR) is 242 cm³/mol. The van der Waals surface area contributed by atoms with Crippen LogP contribution in [0.3, 0.4) is 0 Å². The second kappa shape index (κ2) is 14.0. The Morgan fingerprint density at radius 2 is 1.17 bits per heavy atom. The number of aromatic nitrogens is 1. The first kappa shape index (κ1) is 35.1. The van der Waals surface area contributed by atoms with Crippen molar-refractivity contribution in [3.8, 4) is 50.6 Å². The molecule has 0 unspecified atom stereocenters. The molecule has 4 heteroatoms. The van der Waals surface area contributed by atoms with Crippen LogP contribution >= 0.6 is 0 Å². The molecule has 278 valence electrons. The van der Waals surface area contributed by atoms with Gasteiger partial charge in [0.25, 0.3) is 0 Å². The number of hydrogen-bond donors (Lipinski definition) is 1. The van der Waals surface area contributed by atoms with E-state index in [4.69, 9.17) is 14.4 Å². The van der Waals surface area contributed by atoms with Gasteiger partial charge in [-0.2, -0.15) is 0 Å². The fourth-order valence-corrected chi connectivity index (χ4v) is 8.14. The Kier molecular flexibility index (Phi) is 8.49. The van der Waals surface area contributed by atoms with E-state index >= 15 is 0 Å². The van der Waals surface area contributed by atoms with Crippen LogP contribution in [0.15, 0.2) is 185 Å². The highest BCUT2D eigenvalue weighted by Gasteiger charge is 2.20. The van der Waals surface area contributed by atoms with Crippen LogP contribution in [0.25, 0.3) is 88.3 Å². The van der Waals surface area contributed by atoms with Crippen LogP contribution in [0.4, 0.5) is 5.69 Å². The maximum absolute atomic E-state index is 10.7. The molecule has 1 N–H and O–H groups in total. The predicted octanol–water partition coefficient (Wildman–Crippen LogP) is 14.7. The number of oxazole rings is 1. The molecule has 0 radical (unpaired) electrons. The lowest BCUT2D eigenvalue weighted by Crippen LogP contribution is -2.11. The summed E-state index contributed by atoms with van der Waals surface area (Å²) in [5.74, 6) is 0.662. The SMILES string of the molecule is CC(C)(C)c1ccc(O)c(C=Nc2ccccc2-c2nc3c(-c4cccc5ccccc45)cc(-c4ccc(-c5cc6ccccc6c6ccccc56)cc4)cc3o2)c1. The van der Waals surface area contributed by atoms with Gasteiger partial charge >= 0.3 is 0 Å². The Morgan fingerprint density at radius 3 is 1.98 bits per heavy atom. The summed E-state index contributed by atoms with van der Waals surface area (Å²) in [6, 6.07) is 61.2. The van der Waals surface area contributed by atoms with Crippen molar-refractivity contribution in [1.82, 2.24) is 4.98 Å². The zero-order valence-corrected chi connectivity index (χ0v) is 32.6. The number of phenolic OH excluding ortho intramolecular Hbond substituents is 1. The number of phenols is 1. The first-order valence-electron chi connectivity index (χ1n) is 19.7. The average Bonchev–Trinajstić information content (AvgIpc) is 3.69. The van der Waals surface area contributed by atoms with Gasteiger partial charge in [0, 0.05) is 17.3 Å². The van der Waals surface area contributed by atoms with Crippen LogP contribution in [-0.2, 0) is 5.41 Å². The topological polar surface area (TPSA) is 58.6 Å². The van der Waals surface area contributed by atoms with Crippen LogP contribution in [-0.4, -0.2) is 16.3 Å². The van der Waals surface area contributed by atoms with Crippen molar-refractivity contribution >= 4 is 55.3 Å². The summed E-state index contributed by atoms with van der Waals surface area (Å²) in [6.07, 6.45) is 1.72. The van der Waals surface area contributed by atoms with Crippen LogP contribution in [0, 0.1) is 0 Å². The monoisotopic (exact) mass is 748 g/mol. The lowest BCUT2D eigenvalue weighted by molar-refractivity contribution is 0.473. The summed E-state index contributed by atoms with van der Waals surface area (Å²) in [5.41, 5.74) is 11.2. The molecule has 0 saturated carbocycles. The van der Waals surface area contributed by atoms with Crippen molar-refractivity contribution in [1.29, 1.82) is 0 Å². The van der Waals surface area contributed by atoms with Gasteiger partial charge in [-0.3, -0.25) is 4.99 Å². The molecule has 0 aliphatic carbocycles. The Morgan fingerprint density at radius 1 is 0.517 bits per heavy atom. The minimum absolute atomic E-state index is 0.0683. The molecule has 9 aromatic carbocycles. The van der Waals surface area contributed by atoms with Crippen LogP contribution in [0.2, 0.25) is 0 Å². The van der Waals surface area contributed by atoms with Gasteiger partial charge in [-0.25, -0.2) is 4.98 Å². The normalized spacial score (nSPS) is 12.1. The Balaban J connectivity index is 1.10. The molecule has 0 fully saturated rings. The third kappa shape index (κ3) is 6.29. The molecule has 4 nitrogen and oxygen atoms in total. The van der Waals surface area contributed by atoms with Crippen LogP contribution in [0.5, 0.6) is 5.75 Å². The van der Waals surface area contributed by atoms with E-state index in [0.717, 1.165) is 49.7 Å². The number of nitrogens with zero attached hydrogens (tertiary/aromatic N) is 2. The molecule has 0 saturated heterocycles. The van der Waals surface area contributed by atoms with Crippen LogP contribution < -0.4 is 0 Å².